The van der Waals surface area contributed by atoms with E-state index in [4.69, 9.17) is 9.47 Å². The molecule has 0 atom stereocenters. The molecule has 0 bridgehead atoms. The Labute approximate surface area is 167 Å². The molecular weight excluding hydrogens is 352 g/mol. The average molecular weight is 383 g/mol. The number of morpholine rings is 1. The van der Waals surface area contributed by atoms with Crippen LogP contribution in [0.4, 0.5) is 0 Å². The second-order valence-corrected chi connectivity index (χ2v) is 7.02. The first-order chi connectivity index (χ1) is 13.7. The number of rotatable bonds is 9. The summed E-state index contributed by atoms with van der Waals surface area (Å²) in [7, 11) is 0. The van der Waals surface area contributed by atoms with Gasteiger partial charge in [-0.25, -0.2) is 0 Å². The number of nitrogens with one attached hydrogen (secondary N) is 1. The van der Waals surface area contributed by atoms with Gasteiger partial charge in [0.15, 0.2) is 0 Å². The van der Waals surface area contributed by atoms with Crippen LogP contribution in [0.2, 0.25) is 0 Å². The van der Waals surface area contributed by atoms with Gasteiger partial charge in [0.1, 0.15) is 5.75 Å². The Morgan fingerprint density at radius 1 is 1.07 bits per heavy atom. The van der Waals surface area contributed by atoms with Gasteiger partial charge in [-0.1, -0.05) is 42.5 Å². The maximum absolute atomic E-state index is 12.2. The molecule has 5 heteroatoms. The Morgan fingerprint density at radius 3 is 2.54 bits per heavy atom. The summed E-state index contributed by atoms with van der Waals surface area (Å²) >= 11 is 0. The fraction of sp³-hybridized carbons (Fsp3) is 0.435. The number of ether oxygens (including phenoxy) is 2. The molecule has 0 radical (unpaired) electrons. The molecular formula is C23H30N2O3. The Morgan fingerprint density at radius 2 is 1.79 bits per heavy atom. The summed E-state index contributed by atoms with van der Waals surface area (Å²) in [6, 6.07) is 16.4. The van der Waals surface area contributed by atoms with Crippen molar-refractivity contribution in [2.45, 2.75) is 32.9 Å². The van der Waals surface area contributed by atoms with Crippen LogP contribution in [-0.4, -0.2) is 43.7 Å². The number of benzene rings is 2. The molecule has 0 aliphatic carbocycles. The maximum Gasteiger partial charge on any atom is 0.220 e. The van der Waals surface area contributed by atoms with E-state index in [1.165, 1.54) is 5.56 Å². The molecule has 1 aliphatic heterocycles. The van der Waals surface area contributed by atoms with Gasteiger partial charge in [0.05, 0.1) is 19.8 Å². The van der Waals surface area contributed by atoms with Gasteiger partial charge in [-0.05, 0) is 36.1 Å². The first-order valence-corrected chi connectivity index (χ1v) is 10.1. The van der Waals surface area contributed by atoms with Crippen molar-refractivity contribution in [1.29, 1.82) is 0 Å². The Bertz CT molecular complexity index is 740. The van der Waals surface area contributed by atoms with Crippen LogP contribution in [0.25, 0.3) is 0 Å². The Kier molecular flexibility index (Phi) is 7.88. The monoisotopic (exact) mass is 382 g/mol. The third kappa shape index (κ3) is 6.36. The number of nitrogens with zero attached hydrogens (tertiary/aromatic N) is 1. The van der Waals surface area contributed by atoms with Gasteiger partial charge in [0.2, 0.25) is 5.91 Å². The molecule has 1 saturated heterocycles. The van der Waals surface area contributed by atoms with Gasteiger partial charge in [0, 0.05) is 32.6 Å². The quantitative estimate of drug-likeness (QED) is 0.724. The molecule has 2 aromatic rings. The second kappa shape index (κ2) is 10.8. The van der Waals surface area contributed by atoms with Gasteiger partial charge in [0.25, 0.3) is 0 Å². The Hall–Kier alpha value is -2.37. The van der Waals surface area contributed by atoms with E-state index in [0.717, 1.165) is 49.7 Å². The van der Waals surface area contributed by atoms with Gasteiger partial charge in [-0.2, -0.15) is 0 Å². The van der Waals surface area contributed by atoms with E-state index in [2.05, 4.69) is 34.5 Å². The lowest BCUT2D eigenvalue weighted by Crippen LogP contribution is -2.35. The summed E-state index contributed by atoms with van der Waals surface area (Å²) in [4.78, 5) is 14.6. The first kappa shape index (κ1) is 20.4. The van der Waals surface area contributed by atoms with Crippen molar-refractivity contribution in [3.05, 3.63) is 65.2 Å². The molecule has 1 heterocycles. The smallest absolute Gasteiger partial charge is 0.220 e. The van der Waals surface area contributed by atoms with E-state index in [0.29, 0.717) is 26.0 Å². The number of carbonyl (C=O) groups is 1. The highest BCUT2D eigenvalue weighted by Crippen LogP contribution is 2.19. The summed E-state index contributed by atoms with van der Waals surface area (Å²) in [5.41, 5.74) is 3.49. The molecule has 2 aromatic carbocycles. The van der Waals surface area contributed by atoms with Crippen LogP contribution in [0.3, 0.4) is 0 Å². The lowest BCUT2D eigenvalue weighted by molar-refractivity contribution is -0.121. The van der Waals surface area contributed by atoms with Crippen molar-refractivity contribution in [3.8, 4) is 5.75 Å². The fourth-order valence-corrected chi connectivity index (χ4v) is 3.32. The summed E-state index contributed by atoms with van der Waals surface area (Å²) in [6.45, 7) is 7.73. The molecule has 5 nitrogen and oxygen atoms in total. The van der Waals surface area contributed by atoms with Gasteiger partial charge in [-0.3, -0.25) is 9.69 Å². The van der Waals surface area contributed by atoms with E-state index in [-0.39, 0.29) is 5.91 Å². The van der Waals surface area contributed by atoms with Crippen molar-refractivity contribution in [3.63, 3.8) is 0 Å². The summed E-state index contributed by atoms with van der Waals surface area (Å²) in [5, 5.41) is 3.01. The minimum atomic E-state index is 0.0590. The highest BCUT2D eigenvalue weighted by Gasteiger charge is 2.11. The van der Waals surface area contributed by atoms with Crippen molar-refractivity contribution in [2.24, 2.45) is 0 Å². The number of para-hydroxylation sites is 1. The zero-order valence-corrected chi connectivity index (χ0v) is 16.7. The molecule has 150 valence electrons. The van der Waals surface area contributed by atoms with Crippen LogP contribution < -0.4 is 10.1 Å². The maximum atomic E-state index is 12.2. The summed E-state index contributed by atoms with van der Waals surface area (Å²) in [6.07, 6.45) is 1.14. The average Bonchev–Trinajstić information content (AvgIpc) is 2.73. The number of aryl methyl sites for hydroxylation is 1. The standard InChI is InChI=1S/C23H30N2O3/c1-2-28-22-6-4-3-5-21(22)11-12-23(26)24-17-19-7-9-20(10-8-19)18-25-13-15-27-16-14-25/h3-10H,2,11-18H2,1H3,(H,24,26). The van der Waals surface area contributed by atoms with E-state index in [1.54, 1.807) is 0 Å². The minimum Gasteiger partial charge on any atom is -0.494 e. The van der Waals surface area contributed by atoms with Crippen LogP contribution in [-0.2, 0) is 29.0 Å². The molecule has 3 rings (SSSR count). The lowest BCUT2D eigenvalue weighted by atomic mass is 10.1. The molecule has 1 fully saturated rings. The van der Waals surface area contributed by atoms with Crippen LogP contribution in [0.1, 0.15) is 30.0 Å². The number of carbonyl (C=O) groups excluding carboxylic acids is 1. The van der Waals surface area contributed by atoms with Crippen molar-refractivity contribution in [1.82, 2.24) is 10.2 Å². The number of hydrogen-bond donors (Lipinski definition) is 1. The van der Waals surface area contributed by atoms with Crippen LogP contribution in [0, 0.1) is 0 Å². The van der Waals surface area contributed by atoms with E-state index in [9.17, 15) is 4.79 Å². The SMILES string of the molecule is CCOc1ccccc1CCC(=O)NCc1ccc(CN2CCOCC2)cc1. The van der Waals surface area contributed by atoms with Crippen LogP contribution in [0.5, 0.6) is 5.75 Å². The third-order valence-corrected chi connectivity index (χ3v) is 4.92. The van der Waals surface area contributed by atoms with Gasteiger partial charge >= 0.3 is 0 Å². The first-order valence-electron chi connectivity index (χ1n) is 10.1. The van der Waals surface area contributed by atoms with Crippen molar-refractivity contribution >= 4 is 5.91 Å². The molecule has 0 spiro atoms. The molecule has 0 aromatic heterocycles. The molecule has 0 unspecified atom stereocenters. The van der Waals surface area contributed by atoms with Gasteiger partial charge in [-0.15, -0.1) is 0 Å². The molecule has 1 N–H and O–H groups in total. The Balaban J connectivity index is 1.42. The van der Waals surface area contributed by atoms with Crippen molar-refractivity contribution < 1.29 is 14.3 Å². The summed E-state index contributed by atoms with van der Waals surface area (Å²) < 4.78 is 11.0. The normalized spacial score (nSPS) is 14.6. The highest BCUT2D eigenvalue weighted by atomic mass is 16.5. The van der Waals surface area contributed by atoms with Crippen molar-refractivity contribution in [2.75, 3.05) is 32.9 Å². The molecule has 1 aliphatic rings. The minimum absolute atomic E-state index is 0.0590. The third-order valence-electron chi connectivity index (χ3n) is 4.92. The predicted molar refractivity (Wildman–Crippen MR) is 110 cm³/mol. The second-order valence-electron chi connectivity index (χ2n) is 7.02. The lowest BCUT2D eigenvalue weighted by Gasteiger charge is -2.26. The predicted octanol–water partition coefficient (Wildman–Crippen LogP) is 3.17. The molecule has 1 amide bonds. The summed E-state index contributed by atoms with van der Waals surface area (Å²) in [5.74, 6) is 0.928. The van der Waals surface area contributed by atoms with E-state index in [1.807, 2.05) is 31.2 Å². The van der Waals surface area contributed by atoms with Crippen LogP contribution in [0.15, 0.2) is 48.5 Å². The van der Waals surface area contributed by atoms with Gasteiger partial charge < -0.3 is 14.8 Å². The largest absolute Gasteiger partial charge is 0.494 e. The fourth-order valence-electron chi connectivity index (χ4n) is 3.32. The van der Waals surface area contributed by atoms with E-state index < -0.39 is 0 Å². The number of hydrogen-bond acceptors (Lipinski definition) is 4. The zero-order valence-electron chi connectivity index (χ0n) is 16.7. The van der Waals surface area contributed by atoms with Crippen LogP contribution >= 0.6 is 0 Å². The highest BCUT2D eigenvalue weighted by molar-refractivity contribution is 5.76. The van der Waals surface area contributed by atoms with E-state index >= 15 is 0 Å². The molecule has 0 saturated carbocycles. The number of amides is 1. The topological polar surface area (TPSA) is 50.8 Å². The molecule has 28 heavy (non-hydrogen) atoms. The zero-order chi connectivity index (χ0) is 19.6.